The number of aromatic nitrogens is 2. The largest absolute Gasteiger partial charge is 0.369 e. The van der Waals surface area contributed by atoms with Crippen molar-refractivity contribution in [2.75, 3.05) is 54.4 Å². The van der Waals surface area contributed by atoms with Gasteiger partial charge in [0.25, 0.3) is 23.1 Å². The fourth-order valence-electron chi connectivity index (χ4n) is 6.97. The molecule has 12 nitrogen and oxygen atoms in total. The zero-order chi connectivity index (χ0) is 31.8. The highest BCUT2D eigenvalue weighted by molar-refractivity contribution is 6.07. The van der Waals surface area contributed by atoms with Crippen molar-refractivity contribution in [1.82, 2.24) is 14.5 Å². The lowest BCUT2D eigenvalue weighted by atomic mass is 9.83. The van der Waals surface area contributed by atoms with E-state index in [1.165, 1.54) is 12.1 Å². The number of non-ortho nitro benzene ring substituents is 1. The van der Waals surface area contributed by atoms with Gasteiger partial charge in [0.2, 0.25) is 0 Å². The number of pyridine rings is 2. The first-order valence-corrected chi connectivity index (χ1v) is 15.4. The van der Waals surface area contributed by atoms with Crippen molar-refractivity contribution in [1.29, 1.82) is 0 Å². The molecule has 5 heterocycles. The van der Waals surface area contributed by atoms with E-state index in [9.17, 15) is 24.5 Å². The molecule has 2 unspecified atom stereocenters. The lowest BCUT2D eigenvalue weighted by molar-refractivity contribution is -0.384. The van der Waals surface area contributed by atoms with Crippen molar-refractivity contribution < 1.29 is 14.5 Å². The molecule has 2 aromatic heterocycles. The maximum Gasteiger partial charge on any atom is 0.269 e. The summed E-state index contributed by atoms with van der Waals surface area (Å²) in [4.78, 5) is 60.4. The highest BCUT2D eigenvalue weighted by atomic mass is 16.6. The number of nitrogens with zero attached hydrogens (tertiary/aromatic N) is 6. The molecule has 4 aromatic rings. The molecule has 2 saturated heterocycles. The Bertz CT molecular complexity index is 1850. The number of amides is 2. The van der Waals surface area contributed by atoms with Crippen molar-refractivity contribution in [2.45, 2.75) is 18.9 Å². The Labute approximate surface area is 265 Å². The van der Waals surface area contributed by atoms with Crippen molar-refractivity contribution in [3.05, 3.63) is 122 Å². The van der Waals surface area contributed by atoms with Crippen LogP contribution < -0.4 is 20.7 Å². The molecule has 2 atom stereocenters. The van der Waals surface area contributed by atoms with Gasteiger partial charge in [-0.1, -0.05) is 6.07 Å². The molecule has 2 fully saturated rings. The summed E-state index contributed by atoms with van der Waals surface area (Å²) in [5.41, 5.74) is 4.32. The van der Waals surface area contributed by atoms with Crippen molar-refractivity contribution in [3.63, 3.8) is 0 Å². The molecule has 0 aliphatic carbocycles. The van der Waals surface area contributed by atoms with E-state index in [1.54, 1.807) is 53.7 Å². The highest BCUT2D eigenvalue weighted by Crippen LogP contribution is 2.39. The SMILES string of the molecule is O=C(Nc1cc(C(=O)N2CCN(c3ccc([N+](=O)[O-])cc3)CC2)ccc1N1CC2CC(C1)c1cccc(=O)n1C2)c1ccncc1. The summed E-state index contributed by atoms with van der Waals surface area (Å²) in [6.07, 6.45) is 4.13. The van der Waals surface area contributed by atoms with Gasteiger partial charge < -0.3 is 24.6 Å². The lowest BCUT2D eigenvalue weighted by Gasteiger charge is -2.44. The first-order valence-electron chi connectivity index (χ1n) is 15.4. The third kappa shape index (κ3) is 5.69. The summed E-state index contributed by atoms with van der Waals surface area (Å²) in [7, 11) is 0. The van der Waals surface area contributed by atoms with Crippen molar-refractivity contribution in [2.24, 2.45) is 5.92 Å². The topological polar surface area (TPSA) is 134 Å². The summed E-state index contributed by atoms with van der Waals surface area (Å²) in [5.74, 6) is 0.0409. The van der Waals surface area contributed by atoms with E-state index in [4.69, 9.17) is 0 Å². The summed E-state index contributed by atoms with van der Waals surface area (Å²) < 4.78 is 1.89. The fourth-order valence-corrected chi connectivity index (χ4v) is 6.97. The van der Waals surface area contributed by atoms with Gasteiger partial charge in [-0.15, -0.1) is 0 Å². The van der Waals surface area contributed by atoms with Crippen LogP contribution >= 0.6 is 0 Å². The molecule has 7 rings (SSSR count). The molecule has 2 aromatic carbocycles. The van der Waals surface area contributed by atoms with E-state index < -0.39 is 4.92 Å². The van der Waals surface area contributed by atoms with Crippen LogP contribution in [-0.2, 0) is 6.54 Å². The number of carbonyl (C=O) groups excluding carboxylic acids is 2. The van der Waals surface area contributed by atoms with Gasteiger partial charge in [0.15, 0.2) is 0 Å². The summed E-state index contributed by atoms with van der Waals surface area (Å²) >= 11 is 0. The van der Waals surface area contributed by atoms with Crippen molar-refractivity contribution >= 4 is 34.6 Å². The molecular formula is C34H33N7O5. The molecule has 234 valence electrons. The normalized spacial score (nSPS) is 18.9. The van der Waals surface area contributed by atoms with Crippen LogP contribution in [0.25, 0.3) is 0 Å². The molecule has 46 heavy (non-hydrogen) atoms. The average molecular weight is 620 g/mol. The second kappa shape index (κ2) is 12.1. The Kier molecular flexibility index (Phi) is 7.69. The van der Waals surface area contributed by atoms with Crippen LogP contribution in [0.4, 0.5) is 22.7 Å². The molecule has 12 heteroatoms. The second-order valence-corrected chi connectivity index (χ2v) is 12.1. The lowest BCUT2D eigenvalue weighted by Crippen LogP contribution is -2.49. The van der Waals surface area contributed by atoms with Crippen LogP contribution in [-0.4, -0.2) is 70.5 Å². The Morgan fingerprint density at radius 1 is 0.848 bits per heavy atom. The minimum Gasteiger partial charge on any atom is -0.369 e. The van der Waals surface area contributed by atoms with Crippen LogP contribution in [0.1, 0.15) is 38.7 Å². The third-order valence-electron chi connectivity index (χ3n) is 9.25. The van der Waals surface area contributed by atoms with E-state index in [-0.39, 0.29) is 34.9 Å². The molecule has 2 bridgehead atoms. The van der Waals surface area contributed by atoms with Gasteiger partial charge >= 0.3 is 0 Å². The number of rotatable bonds is 6. The summed E-state index contributed by atoms with van der Waals surface area (Å²) in [6, 6.07) is 20.7. The number of carbonyl (C=O) groups is 2. The van der Waals surface area contributed by atoms with Crippen LogP contribution in [0.2, 0.25) is 0 Å². The number of fused-ring (bicyclic) bond motifs is 4. The van der Waals surface area contributed by atoms with Gasteiger partial charge in [-0.3, -0.25) is 29.5 Å². The summed E-state index contributed by atoms with van der Waals surface area (Å²) in [6.45, 7) is 4.24. The molecule has 0 spiro atoms. The maximum absolute atomic E-state index is 13.8. The van der Waals surface area contributed by atoms with Gasteiger partial charge in [0.1, 0.15) is 0 Å². The van der Waals surface area contributed by atoms with Gasteiger partial charge in [0, 0.05) is 105 Å². The number of piperidine rings is 1. The Balaban J connectivity index is 1.12. The smallest absolute Gasteiger partial charge is 0.269 e. The Morgan fingerprint density at radius 3 is 2.35 bits per heavy atom. The number of benzene rings is 2. The van der Waals surface area contributed by atoms with Gasteiger partial charge in [-0.2, -0.15) is 0 Å². The molecule has 0 saturated carbocycles. The Hall–Kier alpha value is -5.52. The first-order chi connectivity index (χ1) is 22.3. The molecule has 0 radical (unpaired) electrons. The molecular weight excluding hydrogens is 586 g/mol. The minimum atomic E-state index is -0.419. The number of nitro benzene ring substituents is 1. The highest BCUT2D eigenvalue weighted by Gasteiger charge is 2.35. The van der Waals surface area contributed by atoms with E-state index >= 15 is 0 Å². The number of hydrogen-bond donors (Lipinski definition) is 1. The van der Waals surface area contributed by atoms with Gasteiger partial charge in [-0.05, 0) is 60.9 Å². The molecule has 3 aliphatic rings. The van der Waals surface area contributed by atoms with Crippen LogP contribution in [0.15, 0.2) is 90.0 Å². The third-order valence-corrected chi connectivity index (χ3v) is 9.25. The van der Waals surface area contributed by atoms with Crippen LogP contribution in [0.5, 0.6) is 0 Å². The van der Waals surface area contributed by atoms with Crippen molar-refractivity contribution in [3.8, 4) is 0 Å². The quantitative estimate of drug-likeness (QED) is 0.253. The number of anilines is 3. The number of nitrogens with one attached hydrogen (secondary N) is 1. The van der Waals surface area contributed by atoms with Crippen LogP contribution in [0, 0.1) is 16.0 Å². The van der Waals surface area contributed by atoms with E-state index in [1.807, 2.05) is 28.8 Å². The van der Waals surface area contributed by atoms with E-state index in [2.05, 4.69) is 20.1 Å². The number of nitro groups is 1. The molecule has 2 amide bonds. The summed E-state index contributed by atoms with van der Waals surface area (Å²) in [5, 5.41) is 14.1. The predicted octanol–water partition coefficient (Wildman–Crippen LogP) is 3.99. The molecule has 1 N–H and O–H groups in total. The number of piperazine rings is 1. The van der Waals surface area contributed by atoms with E-state index in [0.29, 0.717) is 56.1 Å². The maximum atomic E-state index is 13.8. The second-order valence-electron chi connectivity index (χ2n) is 12.1. The standard InChI is InChI=1S/C34H33N7O5/c42-32-3-1-2-30-26-18-23(21-40(30)32)20-39(22-26)31-9-4-25(19-29(31)36-33(43)24-10-12-35-13-11-24)34(44)38-16-14-37(15-17-38)27-5-7-28(8-6-27)41(45)46/h1-13,19,23,26H,14-18,20-22H2,(H,36,43). The first kappa shape index (κ1) is 29.2. The predicted molar refractivity (Wildman–Crippen MR) is 174 cm³/mol. The monoisotopic (exact) mass is 619 g/mol. The van der Waals surface area contributed by atoms with E-state index in [0.717, 1.165) is 30.0 Å². The Morgan fingerprint density at radius 2 is 1.61 bits per heavy atom. The molecule has 3 aliphatic heterocycles. The van der Waals surface area contributed by atoms with Crippen LogP contribution in [0.3, 0.4) is 0 Å². The number of hydrogen-bond acceptors (Lipinski definition) is 8. The average Bonchev–Trinajstić information content (AvgIpc) is 3.09. The zero-order valence-electron chi connectivity index (χ0n) is 25.1. The fraction of sp³-hybridized carbons (Fsp3) is 0.294. The minimum absolute atomic E-state index is 0.0300. The van der Waals surface area contributed by atoms with Gasteiger partial charge in [0.05, 0.1) is 16.3 Å². The van der Waals surface area contributed by atoms with Gasteiger partial charge in [-0.25, -0.2) is 0 Å². The zero-order valence-corrected chi connectivity index (χ0v) is 25.1.